The molecule has 96 valence electrons. The zero-order chi connectivity index (χ0) is 12.1. The van der Waals surface area contributed by atoms with E-state index in [1.807, 2.05) is 5.51 Å². The van der Waals surface area contributed by atoms with Crippen LogP contribution in [0, 0.1) is 12.8 Å². The Morgan fingerprint density at radius 1 is 1.59 bits per heavy atom. The van der Waals surface area contributed by atoms with Crippen molar-refractivity contribution in [2.24, 2.45) is 5.92 Å². The van der Waals surface area contributed by atoms with E-state index in [0.717, 1.165) is 18.9 Å². The molecule has 1 aromatic rings. The summed E-state index contributed by atoms with van der Waals surface area (Å²) >= 11 is 1.78. The topological polar surface area (TPSA) is 28.2 Å². The molecule has 2 heterocycles. The molecule has 0 aromatic carbocycles. The normalized spacial score (nSPS) is 21.2. The maximum atomic E-state index is 4.28. The molecule has 1 aliphatic rings. The van der Waals surface area contributed by atoms with Gasteiger partial charge in [-0.2, -0.15) is 0 Å². The van der Waals surface area contributed by atoms with Gasteiger partial charge in [0.15, 0.2) is 0 Å². The fraction of sp³-hybridized carbons (Fsp3) is 0.769. The average molecular weight is 253 g/mol. The molecule has 3 nitrogen and oxygen atoms in total. The molecule has 0 spiro atoms. The molecule has 1 N–H and O–H groups in total. The summed E-state index contributed by atoms with van der Waals surface area (Å²) in [6, 6.07) is 0. The summed E-state index contributed by atoms with van der Waals surface area (Å²) < 4.78 is 0. The molecule has 1 unspecified atom stereocenters. The summed E-state index contributed by atoms with van der Waals surface area (Å²) in [5.74, 6) is 0.859. The maximum Gasteiger partial charge on any atom is 0.0797 e. The van der Waals surface area contributed by atoms with Crippen molar-refractivity contribution < 1.29 is 0 Å². The SMILES string of the molecule is CCN1CCC(CNCCc2scnc2C)C1. The highest BCUT2D eigenvalue weighted by Gasteiger charge is 2.20. The van der Waals surface area contributed by atoms with Crippen molar-refractivity contribution in [3.8, 4) is 0 Å². The minimum Gasteiger partial charge on any atom is -0.316 e. The lowest BCUT2D eigenvalue weighted by molar-refractivity contribution is 0.339. The summed E-state index contributed by atoms with van der Waals surface area (Å²) in [5.41, 5.74) is 3.15. The first kappa shape index (κ1) is 13.0. The molecule has 1 saturated heterocycles. The lowest BCUT2D eigenvalue weighted by atomic mass is 10.1. The number of hydrogen-bond donors (Lipinski definition) is 1. The van der Waals surface area contributed by atoms with E-state index in [4.69, 9.17) is 0 Å². The standard InChI is InChI=1S/C13H23N3S/c1-3-16-7-5-12(9-16)8-14-6-4-13-11(2)15-10-17-13/h10,12,14H,3-9H2,1-2H3. The lowest BCUT2D eigenvalue weighted by Crippen LogP contribution is -2.27. The Labute approximate surface area is 108 Å². The average Bonchev–Trinajstić information content (AvgIpc) is 2.94. The number of rotatable bonds is 6. The van der Waals surface area contributed by atoms with E-state index in [9.17, 15) is 0 Å². The number of likely N-dealkylation sites (tertiary alicyclic amines) is 1. The smallest absolute Gasteiger partial charge is 0.0797 e. The summed E-state index contributed by atoms with van der Waals surface area (Å²) in [6.45, 7) is 10.4. The molecule has 2 rings (SSSR count). The van der Waals surface area contributed by atoms with Crippen molar-refractivity contribution in [2.75, 3.05) is 32.7 Å². The quantitative estimate of drug-likeness (QED) is 0.785. The van der Waals surface area contributed by atoms with Gasteiger partial charge in [-0.15, -0.1) is 11.3 Å². The second-order valence-corrected chi connectivity index (χ2v) is 5.80. The van der Waals surface area contributed by atoms with Crippen LogP contribution in [0.15, 0.2) is 5.51 Å². The largest absolute Gasteiger partial charge is 0.316 e. The van der Waals surface area contributed by atoms with E-state index in [2.05, 4.69) is 29.0 Å². The number of aryl methyl sites for hydroxylation is 1. The Balaban J connectivity index is 1.59. The van der Waals surface area contributed by atoms with Gasteiger partial charge in [-0.3, -0.25) is 0 Å². The van der Waals surface area contributed by atoms with Crippen LogP contribution in [0.2, 0.25) is 0 Å². The Bertz CT molecular complexity index is 337. The molecule has 1 aromatic heterocycles. The number of thiazole rings is 1. The molecular formula is C13H23N3S. The molecule has 0 bridgehead atoms. The summed E-state index contributed by atoms with van der Waals surface area (Å²) in [4.78, 5) is 8.25. The van der Waals surface area contributed by atoms with Crippen LogP contribution in [-0.2, 0) is 6.42 Å². The molecule has 4 heteroatoms. The third kappa shape index (κ3) is 3.76. The first-order valence-corrected chi connectivity index (χ1v) is 7.49. The number of nitrogens with one attached hydrogen (secondary N) is 1. The van der Waals surface area contributed by atoms with Crippen LogP contribution in [0.5, 0.6) is 0 Å². The minimum atomic E-state index is 0.859. The van der Waals surface area contributed by atoms with E-state index < -0.39 is 0 Å². The highest BCUT2D eigenvalue weighted by atomic mass is 32.1. The fourth-order valence-electron chi connectivity index (χ4n) is 2.44. The Morgan fingerprint density at radius 3 is 3.12 bits per heavy atom. The second kappa shape index (κ2) is 6.47. The monoisotopic (exact) mass is 253 g/mol. The van der Waals surface area contributed by atoms with Gasteiger partial charge < -0.3 is 10.2 Å². The second-order valence-electron chi connectivity index (χ2n) is 4.86. The summed E-state index contributed by atoms with van der Waals surface area (Å²) in [7, 11) is 0. The van der Waals surface area contributed by atoms with Gasteiger partial charge in [0.25, 0.3) is 0 Å². The molecule has 0 amide bonds. The van der Waals surface area contributed by atoms with Crippen LogP contribution in [-0.4, -0.2) is 42.6 Å². The van der Waals surface area contributed by atoms with Gasteiger partial charge in [-0.25, -0.2) is 4.98 Å². The predicted molar refractivity (Wildman–Crippen MR) is 73.6 cm³/mol. The van der Waals surface area contributed by atoms with Crippen LogP contribution in [0.4, 0.5) is 0 Å². The minimum absolute atomic E-state index is 0.859. The van der Waals surface area contributed by atoms with E-state index in [1.54, 1.807) is 11.3 Å². The summed E-state index contributed by atoms with van der Waals surface area (Å²) in [6.07, 6.45) is 2.49. The van der Waals surface area contributed by atoms with Crippen LogP contribution < -0.4 is 5.32 Å². The van der Waals surface area contributed by atoms with Crippen molar-refractivity contribution in [2.45, 2.75) is 26.7 Å². The van der Waals surface area contributed by atoms with Crippen LogP contribution in [0.3, 0.4) is 0 Å². The van der Waals surface area contributed by atoms with Gasteiger partial charge in [-0.1, -0.05) is 6.92 Å². The molecule has 17 heavy (non-hydrogen) atoms. The molecule has 0 radical (unpaired) electrons. The maximum absolute atomic E-state index is 4.28. The fourth-order valence-corrected chi connectivity index (χ4v) is 3.22. The van der Waals surface area contributed by atoms with Gasteiger partial charge in [0.2, 0.25) is 0 Å². The molecule has 1 atom stereocenters. The van der Waals surface area contributed by atoms with E-state index in [1.165, 1.54) is 43.2 Å². The Hall–Kier alpha value is -0.450. The van der Waals surface area contributed by atoms with Gasteiger partial charge in [-0.05, 0) is 45.3 Å². The number of hydrogen-bond acceptors (Lipinski definition) is 4. The van der Waals surface area contributed by atoms with Crippen LogP contribution >= 0.6 is 11.3 Å². The predicted octanol–water partition coefficient (Wildman–Crippen LogP) is 1.93. The van der Waals surface area contributed by atoms with Crippen molar-refractivity contribution in [3.63, 3.8) is 0 Å². The Morgan fingerprint density at radius 2 is 2.47 bits per heavy atom. The molecule has 0 saturated carbocycles. The van der Waals surface area contributed by atoms with E-state index in [0.29, 0.717) is 0 Å². The summed E-state index contributed by atoms with van der Waals surface area (Å²) in [5, 5.41) is 3.59. The van der Waals surface area contributed by atoms with Crippen LogP contribution in [0.1, 0.15) is 23.9 Å². The first-order valence-electron chi connectivity index (χ1n) is 6.61. The lowest BCUT2D eigenvalue weighted by Gasteiger charge is -2.13. The Kier molecular flexibility index (Phi) is 4.95. The van der Waals surface area contributed by atoms with Gasteiger partial charge in [0.05, 0.1) is 11.2 Å². The van der Waals surface area contributed by atoms with Crippen molar-refractivity contribution in [1.29, 1.82) is 0 Å². The molecule has 1 aliphatic heterocycles. The van der Waals surface area contributed by atoms with Crippen LogP contribution in [0.25, 0.3) is 0 Å². The highest BCUT2D eigenvalue weighted by molar-refractivity contribution is 7.09. The molecular weight excluding hydrogens is 230 g/mol. The zero-order valence-electron chi connectivity index (χ0n) is 10.9. The van der Waals surface area contributed by atoms with Gasteiger partial charge in [0, 0.05) is 18.0 Å². The number of aromatic nitrogens is 1. The van der Waals surface area contributed by atoms with Gasteiger partial charge in [0.1, 0.15) is 0 Å². The zero-order valence-corrected chi connectivity index (χ0v) is 11.7. The van der Waals surface area contributed by atoms with E-state index >= 15 is 0 Å². The molecule has 0 aliphatic carbocycles. The highest BCUT2D eigenvalue weighted by Crippen LogP contribution is 2.15. The van der Waals surface area contributed by atoms with Crippen molar-refractivity contribution in [3.05, 3.63) is 16.1 Å². The first-order chi connectivity index (χ1) is 8.29. The number of nitrogens with zero attached hydrogens (tertiary/aromatic N) is 2. The third-order valence-electron chi connectivity index (χ3n) is 3.62. The molecule has 1 fully saturated rings. The van der Waals surface area contributed by atoms with Crippen molar-refractivity contribution in [1.82, 2.24) is 15.2 Å². The third-order valence-corrected chi connectivity index (χ3v) is 4.62. The van der Waals surface area contributed by atoms with Gasteiger partial charge >= 0.3 is 0 Å². The van der Waals surface area contributed by atoms with E-state index in [-0.39, 0.29) is 0 Å². The van der Waals surface area contributed by atoms with Crippen molar-refractivity contribution >= 4 is 11.3 Å².